The van der Waals surface area contributed by atoms with Gasteiger partial charge < -0.3 is 24.5 Å². The van der Waals surface area contributed by atoms with Crippen LogP contribution >= 0.6 is 0 Å². The van der Waals surface area contributed by atoms with Crippen molar-refractivity contribution in [1.82, 2.24) is 4.57 Å². The van der Waals surface area contributed by atoms with Gasteiger partial charge in [0.1, 0.15) is 18.4 Å². The van der Waals surface area contributed by atoms with Crippen LogP contribution in [0.1, 0.15) is 48.8 Å². The van der Waals surface area contributed by atoms with Crippen molar-refractivity contribution in [1.29, 1.82) is 5.26 Å². The van der Waals surface area contributed by atoms with E-state index in [1.54, 1.807) is 21.0 Å². The molecular weight excluding hydrogens is 434 g/mol. The molecule has 34 heavy (non-hydrogen) atoms. The second kappa shape index (κ2) is 10.8. The number of hydrogen-bond donors (Lipinski definition) is 1. The first-order valence-electron chi connectivity index (χ1n) is 11.3. The maximum atomic E-state index is 12.9. The van der Waals surface area contributed by atoms with Crippen molar-refractivity contribution in [3.8, 4) is 22.9 Å². The van der Waals surface area contributed by atoms with Crippen LogP contribution in [0, 0.1) is 11.3 Å². The number of carbonyl (C=O) groups excluding carboxylic acids is 2. The Kier molecular flexibility index (Phi) is 7.79. The molecular formula is C26H29N3O5. The average molecular weight is 464 g/mol. The van der Waals surface area contributed by atoms with Crippen molar-refractivity contribution >= 4 is 28.5 Å². The van der Waals surface area contributed by atoms with Gasteiger partial charge in [-0.3, -0.25) is 4.79 Å². The first-order valence-corrected chi connectivity index (χ1v) is 11.3. The number of nitrogens with zero attached hydrogens (tertiary/aromatic N) is 2. The lowest BCUT2D eigenvalue weighted by molar-refractivity contribution is -0.143. The molecule has 0 spiro atoms. The van der Waals surface area contributed by atoms with Gasteiger partial charge in [0.2, 0.25) is 0 Å². The summed E-state index contributed by atoms with van der Waals surface area (Å²) in [6, 6.07) is 11.6. The zero-order chi connectivity index (χ0) is 24.8. The van der Waals surface area contributed by atoms with E-state index in [0.29, 0.717) is 28.6 Å². The monoisotopic (exact) mass is 463 g/mol. The number of nitrogens with two attached hydrogens (primary N) is 1. The van der Waals surface area contributed by atoms with Crippen LogP contribution in [0.2, 0.25) is 0 Å². The van der Waals surface area contributed by atoms with Gasteiger partial charge in [0.25, 0.3) is 0 Å². The molecule has 0 atom stereocenters. The lowest BCUT2D eigenvalue weighted by Crippen LogP contribution is -2.20. The Balaban J connectivity index is 2.43. The number of nitrogen functional groups attached to an aromatic ring is 1. The minimum Gasteiger partial charge on any atom is -0.497 e. The quantitative estimate of drug-likeness (QED) is 0.466. The Morgan fingerprint density at radius 1 is 1.09 bits per heavy atom. The molecule has 2 N–H and O–H groups in total. The molecule has 3 rings (SSSR count). The van der Waals surface area contributed by atoms with Gasteiger partial charge in [-0.25, -0.2) is 4.79 Å². The van der Waals surface area contributed by atoms with Crippen LogP contribution < -0.4 is 10.5 Å². The van der Waals surface area contributed by atoms with E-state index < -0.39 is 11.9 Å². The normalized spacial score (nSPS) is 10.7. The number of aryl methyl sites for hydroxylation is 1. The number of nitriles is 1. The number of aromatic nitrogens is 1. The average Bonchev–Trinajstić information content (AvgIpc) is 3.09. The van der Waals surface area contributed by atoms with Crippen LogP contribution in [-0.4, -0.2) is 36.8 Å². The zero-order valence-corrected chi connectivity index (χ0v) is 19.9. The van der Waals surface area contributed by atoms with E-state index in [1.165, 1.54) is 4.57 Å². The van der Waals surface area contributed by atoms with Crippen molar-refractivity contribution in [3.63, 3.8) is 0 Å². The van der Waals surface area contributed by atoms with Crippen molar-refractivity contribution in [3.05, 3.63) is 47.2 Å². The second-order valence-corrected chi connectivity index (χ2v) is 7.65. The third-order valence-electron chi connectivity index (χ3n) is 5.54. The van der Waals surface area contributed by atoms with Crippen molar-refractivity contribution < 1.29 is 23.8 Å². The first-order chi connectivity index (χ1) is 16.4. The summed E-state index contributed by atoms with van der Waals surface area (Å²) in [6.45, 7) is 5.49. The van der Waals surface area contributed by atoms with Gasteiger partial charge in [-0.05, 0) is 49.6 Å². The van der Waals surface area contributed by atoms with Gasteiger partial charge in [0, 0.05) is 10.9 Å². The van der Waals surface area contributed by atoms with Gasteiger partial charge in [0.15, 0.2) is 5.69 Å². The first kappa shape index (κ1) is 24.6. The molecule has 178 valence electrons. The summed E-state index contributed by atoms with van der Waals surface area (Å²) in [7, 11) is 1.59. The smallest absolute Gasteiger partial charge is 0.357 e. The third-order valence-corrected chi connectivity index (χ3v) is 5.54. The SMILES string of the molecule is CCCc1cc2c(N)c(C(=O)OCC)n(CC(=O)OCC)c2c(C#N)c1-c1ccc(OC)cc1. The minimum atomic E-state index is -0.660. The molecule has 0 aliphatic carbocycles. The largest absolute Gasteiger partial charge is 0.497 e. The Hall–Kier alpha value is -3.99. The third kappa shape index (κ3) is 4.55. The van der Waals surface area contributed by atoms with E-state index in [4.69, 9.17) is 19.9 Å². The van der Waals surface area contributed by atoms with E-state index in [-0.39, 0.29) is 31.1 Å². The second-order valence-electron chi connectivity index (χ2n) is 7.65. The number of fused-ring (bicyclic) bond motifs is 1. The minimum absolute atomic E-state index is 0.0377. The Labute approximate surface area is 198 Å². The summed E-state index contributed by atoms with van der Waals surface area (Å²) in [5.74, 6) is -0.509. The Morgan fingerprint density at radius 2 is 1.76 bits per heavy atom. The number of anilines is 1. The Bertz CT molecular complexity index is 1250. The highest BCUT2D eigenvalue weighted by atomic mass is 16.5. The summed E-state index contributed by atoms with van der Waals surface area (Å²) >= 11 is 0. The van der Waals surface area contributed by atoms with E-state index in [9.17, 15) is 14.9 Å². The maximum absolute atomic E-state index is 12.9. The summed E-state index contributed by atoms with van der Waals surface area (Å²) in [4.78, 5) is 25.3. The predicted octanol–water partition coefficient (Wildman–Crippen LogP) is 4.46. The van der Waals surface area contributed by atoms with E-state index in [1.807, 2.05) is 37.3 Å². The molecule has 1 heterocycles. The lowest BCUT2D eigenvalue weighted by atomic mass is 9.90. The molecule has 8 nitrogen and oxygen atoms in total. The molecule has 0 radical (unpaired) electrons. The van der Waals surface area contributed by atoms with Gasteiger partial charge in [-0.15, -0.1) is 0 Å². The fourth-order valence-corrected chi connectivity index (χ4v) is 4.18. The van der Waals surface area contributed by atoms with Crippen LogP contribution in [0.5, 0.6) is 5.75 Å². The fraction of sp³-hybridized carbons (Fsp3) is 0.346. The number of benzene rings is 2. The van der Waals surface area contributed by atoms with Crippen LogP contribution in [0.3, 0.4) is 0 Å². The number of methoxy groups -OCH3 is 1. The number of esters is 2. The van der Waals surface area contributed by atoms with Crippen molar-refractivity contribution in [2.75, 3.05) is 26.1 Å². The molecule has 0 amide bonds. The van der Waals surface area contributed by atoms with Gasteiger partial charge in [0.05, 0.1) is 37.1 Å². The molecule has 0 saturated carbocycles. The Morgan fingerprint density at radius 3 is 2.32 bits per heavy atom. The van der Waals surface area contributed by atoms with Crippen LogP contribution in [0.15, 0.2) is 30.3 Å². The highest BCUT2D eigenvalue weighted by Gasteiger charge is 2.28. The van der Waals surface area contributed by atoms with Gasteiger partial charge in [-0.2, -0.15) is 5.26 Å². The van der Waals surface area contributed by atoms with Gasteiger partial charge >= 0.3 is 11.9 Å². The topological polar surface area (TPSA) is 117 Å². The molecule has 0 saturated heterocycles. The summed E-state index contributed by atoms with van der Waals surface area (Å²) < 4.78 is 17.1. The van der Waals surface area contributed by atoms with E-state index in [0.717, 1.165) is 23.1 Å². The standard InChI is InChI=1S/C26H29N3O5/c1-5-8-17-13-19-23(28)25(26(31)34-7-3)29(15-21(30)33-6-2)24(19)20(14-27)22(17)16-9-11-18(32-4)12-10-16/h9-13H,5-8,15,28H2,1-4H3. The molecule has 1 aromatic heterocycles. The van der Waals surface area contributed by atoms with E-state index in [2.05, 4.69) is 6.07 Å². The van der Waals surface area contributed by atoms with Crippen LogP contribution in [0.25, 0.3) is 22.0 Å². The molecule has 0 aliphatic rings. The highest BCUT2D eigenvalue weighted by molar-refractivity contribution is 6.10. The summed E-state index contributed by atoms with van der Waals surface area (Å²) in [5.41, 5.74) is 9.86. The number of ether oxygens (including phenoxy) is 3. The summed E-state index contributed by atoms with van der Waals surface area (Å²) in [6.07, 6.45) is 1.54. The molecule has 3 aromatic rings. The molecule has 0 bridgehead atoms. The fourth-order valence-electron chi connectivity index (χ4n) is 4.18. The molecule has 8 heteroatoms. The number of rotatable bonds is 9. The van der Waals surface area contributed by atoms with Crippen LogP contribution in [0.4, 0.5) is 5.69 Å². The molecule has 0 fully saturated rings. The summed E-state index contributed by atoms with van der Waals surface area (Å²) in [5, 5.41) is 10.8. The van der Waals surface area contributed by atoms with Crippen molar-refractivity contribution in [2.45, 2.75) is 40.2 Å². The molecule has 0 aliphatic heterocycles. The van der Waals surface area contributed by atoms with Crippen molar-refractivity contribution in [2.24, 2.45) is 0 Å². The lowest BCUT2D eigenvalue weighted by Gasteiger charge is -2.16. The highest BCUT2D eigenvalue weighted by Crippen LogP contribution is 2.40. The molecule has 0 unspecified atom stereocenters. The zero-order valence-electron chi connectivity index (χ0n) is 19.9. The maximum Gasteiger partial charge on any atom is 0.357 e. The predicted molar refractivity (Wildman–Crippen MR) is 130 cm³/mol. The molecule has 2 aromatic carbocycles. The van der Waals surface area contributed by atoms with E-state index >= 15 is 0 Å². The van der Waals surface area contributed by atoms with Crippen LogP contribution in [-0.2, 0) is 27.2 Å². The number of hydrogen-bond acceptors (Lipinski definition) is 7. The number of carbonyl (C=O) groups is 2. The van der Waals surface area contributed by atoms with Gasteiger partial charge in [-0.1, -0.05) is 25.5 Å².